The third kappa shape index (κ3) is 6.14. The Morgan fingerprint density at radius 1 is 1.35 bits per heavy atom. The minimum atomic E-state index is -1.38. The number of ether oxygens (including phenoxy) is 2. The van der Waals surface area contributed by atoms with Gasteiger partial charge < -0.3 is 19.4 Å². The van der Waals surface area contributed by atoms with Crippen LogP contribution < -0.4 is 28.7 Å². The van der Waals surface area contributed by atoms with Gasteiger partial charge in [-0.3, -0.25) is 14.7 Å². The predicted octanol–water partition coefficient (Wildman–Crippen LogP) is -1.61. The van der Waals surface area contributed by atoms with E-state index >= 15 is 0 Å². The molecule has 0 radical (unpaired) electrons. The first-order chi connectivity index (χ1) is 11.7. The molecule has 0 fully saturated rings. The number of hydrogen-bond donors (Lipinski definition) is 0. The van der Waals surface area contributed by atoms with E-state index in [2.05, 4.69) is 24.6 Å². The van der Waals surface area contributed by atoms with E-state index in [1.165, 1.54) is 22.8 Å². The SMILES string of the molecule is C[Si](C)(C)CCOCn1c(OCC(=O)[O-])nc2ccc([N+](=O)[O-])cc21.[Li+]. The van der Waals surface area contributed by atoms with Crippen LogP contribution in [0.25, 0.3) is 11.0 Å². The molecule has 9 nitrogen and oxygen atoms in total. The number of fused-ring (bicyclic) bond motifs is 1. The molecule has 1 aromatic carbocycles. The molecule has 0 unspecified atom stereocenters. The van der Waals surface area contributed by atoms with Crippen molar-refractivity contribution in [1.29, 1.82) is 0 Å². The smallest absolute Gasteiger partial charge is 0.546 e. The summed E-state index contributed by atoms with van der Waals surface area (Å²) < 4.78 is 12.3. The van der Waals surface area contributed by atoms with Gasteiger partial charge in [0.05, 0.1) is 21.9 Å². The molecule has 0 aliphatic carbocycles. The van der Waals surface area contributed by atoms with Gasteiger partial charge >= 0.3 is 18.9 Å². The van der Waals surface area contributed by atoms with Crippen LogP contribution in [-0.4, -0.2) is 41.7 Å². The monoisotopic (exact) mass is 373 g/mol. The van der Waals surface area contributed by atoms with Crippen molar-refractivity contribution in [3.8, 4) is 6.01 Å². The van der Waals surface area contributed by atoms with E-state index in [0.29, 0.717) is 17.6 Å². The number of aromatic nitrogens is 2. The van der Waals surface area contributed by atoms with Crippen LogP contribution >= 0.6 is 0 Å². The van der Waals surface area contributed by atoms with Gasteiger partial charge in [-0.05, 0) is 12.1 Å². The molecule has 0 aliphatic rings. The van der Waals surface area contributed by atoms with Crippen LogP contribution in [0.1, 0.15) is 0 Å². The number of carbonyl (C=O) groups is 1. The van der Waals surface area contributed by atoms with Crippen molar-refractivity contribution < 1.29 is 43.2 Å². The molecule has 1 aromatic heterocycles. The molecular formula is C15H20LiN3O6Si. The van der Waals surface area contributed by atoms with Crippen molar-refractivity contribution in [2.45, 2.75) is 32.4 Å². The van der Waals surface area contributed by atoms with Crippen LogP contribution in [0, 0.1) is 10.1 Å². The molecule has 11 heteroatoms. The van der Waals surface area contributed by atoms with Crippen molar-refractivity contribution in [2.24, 2.45) is 0 Å². The molecule has 26 heavy (non-hydrogen) atoms. The predicted molar refractivity (Wildman–Crippen MR) is 91.0 cm³/mol. The van der Waals surface area contributed by atoms with Crippen LogP contribution in [0.5, 0.6) is 6.01 Å². The van der Waals surface area contributed by atoms with E-state index in [-0.39, 0.29) is 37.3 Å². The fourth-order valence-electron chi connectivity index (χ4n) is 2.10. The summed E-state index contributed by atoms with van der Waals surface area (Å²) in [6, 6.07) is 5.14. The fraction of sp³-hybridized carbons (Fsp3) is 0.467. The second-order valence-electron chi connectivity index (χ2n) is 6.76. The quantitative estimate of drug-likeness (QED) is 0.224. The number of non-ortho nitro benzene ring substituents is 1. The molecular weight excluding hydrogens is 353 g/mol. The Bertz CT molecular complexity index is 790. The third-order valence-electron chi connectivity index (χ3n) is 3.44. The van der Waals surface area contributed by atoms with Crippen molar-refractivity contribution in [1.82, 2.24) is 9.55 Å². The molecule has 0 saturated heterocycles. The number of carboxylic acid groups (broad SMARTS) is 1. The Balaban J connectivity index is 0.00000338. The van der Waals surface area contributed by atoms with Gasteiger partial charge in [0.15, 0.2) is 0 Å². The standard InChI is InChI=1S/C15H21N3O6Si.Li/c1-25(2,3)7-6-23-10-17-13-8-11(18(21)22)4-5-12(13)16-15(17)24-9-14(19)20;/h4-5,8H,6-7,9-10H2,1-3H3,(H,19,20);/q;+1/p-1. The van der Waals surface area contributed by atoms with Gasteiger partial charge in [0, 0.05) is 26.8 Å². The van der Waals surface area contributed by atoms with Gasteiger partial charge in [0.25, 0.3) is 11.7 Å². The molecule has 0 aliphatic heterocycles. The summed E-state index contributed by atoms with van der Waals surface area (Å²) in [5, 5.41) is 21.6. The Kier molecular flexibility index (Phi) is 7.83. The van der Waals surface area contributed by atoms with Crippen LogP contribution in [-0.2, 0) is 16.3 Å². The molecule has 136 valence electrons. The first-order valence-electron chi connectivity index (χ1n) is 7.72. The number of nitro groups is 1. The topological polar surface area (TPSA) is 120 Å². The van der Waals surface area contributed by atoms with Gasteiger partial charge in [0.2, 0.25) is 0 Å². The normalized spacial score (nSPS) is 11.2. The van der Waals surface area contributed by atoms with Crippen LogP contribution in [0.4, 0.5) is 5.69 Å². The molecule has 0 amide bonds. The van der Waals surface area contributed by atoms with Crippen molar-refractivity contribution in [3.63, 3.8) is 0 Å². The van der Waals surface area contributed by atoms with Crippen molar-refractivity contribution in [2.75, 3.05) is 13.2 Å². The van der Waals surface area contributed by atoms with E-state index in [9.17, 15) is 20.0 Å². The summed E-state index contributed by atoms with van der Waals surface area (Å²) in [5.41, 5.74) is 0.797. The van der Waals surface area contributed by atoms with E-state index in [1.54, 1.807) is 0 Å². The number of benzene rings is 1. The maximum absolute atomic E-state index is 11.0. The van der Waals surface area contributed by atoms with Crippen molar-refractivity contribution >= 4 is 30.8 Å². The average Bonchev–Trinajstić information content (AvgIpc) is 2.85. The summed E-state index contributed by atoms with van der Waals surface area (Å²) in [7, 11) is -1.26. The van der Waals surface area contributed by atoms with Gasteiger partial charge in [-0.1, -0.05) is 19.6 Å². The molecule has 0 N–H and O–H groups in total. The number of imidazole rings is 1. The molecule has 2 rings (SSSR count). The Morgan fingerprint density at radius 3 is 2.62 bits per heavy atom. The molecule has 2 aromatic rings. The van der Waals surface area contributed by atoms with Crippen molar-refractivity contribution in [3.05, 3.63) is 28.3 Å². The number of nitro benzene ring substituents is 1. The molecule has 0 atom stereocenters. The Morgan fingerprint density at radius 2 is 2.04 bits per heavy atom. The summed E-state index contributed by atoms with van der Waals surface area (Å²) in [4.78, 5) is 25.3. The Labute approximate surface area is 163 Å². The minimum Gasteiger partial charge on any atom is -0.546 e. The van der Waals surface area contributed by atoms with Gasteiger partial charge in [0.1, 0.15) is 13.3 Å². The van der Waals surface area contributed by atoms with E-state index in [0.717, 1.165) is 6.04 Å². The summed E-state index contributed by atoms with van der Waals surface area (Å²) in [5.74, 6) is -1.38. The van der Waals surface area contributed by atoms with E-state index < -0.39 is 25.6 Å². The number of carboxylic acids is 1. The second kappa shape index (κ2) is 9.18. The third-order valence-corrected chi connectivity index (χ3v) is 5.15. The number of carbonyl (C=O) groups excluding carboxylic acids is 1. The minimum absolute atomic E-state index is 0. The zero-order chi connectivity index (χ0) is 18.6. The van der Waals surface area contributed by atoms with Crippen LogP contribution in [0.15, 0.2) is 18.2 Å². The van der Waals surface area contributed by atoms with Crippen LogP contribution in [0.3, 0.4) is 0 Å². The average molecular weight is 373 g/mol. The largest absolute Gasteiger partial charge is 1.00 e. The maximum atomic E-state index is 11.0. The molecule has 0 bridgehead atoms. The maximum Gasteiger partial charge on any atom is 1.00 e. The first kappa shape index (κ1) is 22.2. The van der Waals surface area contributed by atoms with Gasteiger partial charge in [-0.15, -0.1) is 0 Å². The summed E-state index contributed by atoms with van der Waals surface area (Å²) >= 11 is 0. The van der Waals surface area contributed by atoms with Crippen LogP contribution in [0.2, 0.25) is 25.7 Å². The number of aliphatic carboxylic acids is 1. The Hall–Kier alpha value is -1.87. The summed E-state index contributed by atoms with van der Waals surface area (Å²) in [6.45, 7) is 6.59. The first-order valence-corrected chi connectivity index (χ1v) is 11.4. The van der Waals surface area contributed by atoms with Gasteiger partial charge in [-0.2, -0.15) is 4.98 Å². The number of hydrogen-bond acceptors (Lipinski definition) is 7. The zero-order valence-electron chi connectivity index (χ0n) is 15.4. The van der Waals surface area contributed by atoms with E-state index in [1.807, 2.05) is 0 Å². The molecule has 1 heterocycles. The fourth-order valence-corrected chi connectivity index (χ4v) is 2.85. The molecule has 0 spiro atoms. The number of rotatable bonds is 9. The van der Waals surface area contributed by atoms with Gasteiger partial charge in [-0.25, -0.2) is 0 Å². The second-order valence-corrected chi connectivity index (χ2v) is 12.4. The van der Waals surface area contributed by atoms with E-state index in [4.69, 9.17) is 9.47 Å². The molecule has 0 saturated carbocycles. The summed E-state index contributed by atoms with van der Waals surface area (Å²) in [6.07, 6.45) is 0. The zero-order valence-corrected chi connectivity index (χ0v) is 16.4. The number of nitrogens with zero attached hydrogens (tertiary/aromatic N) is 3.